The van der Waals surface area contributed by atoms with Crippen LogP contribution in [0.5, 0.6) is 0 Å². The van der Waals surface area contributed by atoms with Gasteiger partial charge in [0.25, 0.3) is 0 Å². The van der Waals surface area contributed by atoms with Crippen molar-refractivity contribution in [1.82, 2.24) is 0 Å². The molecule has 4 saturated carbocycles. The molecule has 0 heterocycles. The number of halogens is 3. The maximum atomic E-state index is 13.8. The summed E-state index contributed by atoms with van der Waals surface area (Å²) < 4.78 is 41.3. The maximum absolute atomic E-state index is 13.8. The fraction of sp³-hybridized carbons (Fsp3) is 0.952. The second-order valence-corrected chi connectivity index (χ2v) is 10.3. The van der Waals surface area contributed by atoms with Crippen molar-refractivity contribution in [2.45, 2.75) is 83.9 Å². The second-order valence-electron chi connectivity index (χ2n) is 10.3. The van der Waals surface area contributed by atoms with Crippen LogP contribution < -0.4 is 0 Å². The molecule has 148 valence electrons. The number of aliphatic hydroxyl groups is 1. The third-order valence-electron chi connectivity index (χ3n) is 9.46. The van der Waals surface area contributed by atoms with Crippen LogP contribution in [0, 0.1) is 40.4 Å². The minimum Gasteiger partial charge on any atom is -0.380 e. The second kappa shape index (κ2) is 5.48. The molecule has 0 saturated heterocycles. The van der Waals surface area contributed by atoms with Gasteiger partial charge in [-0.3, -0.25) is 4.79 Å². The summed E-state index contributed by atoms with van der Waals surface area (Å²) in [4.78, 5) is 12.0. The number of ketones is 1. The van der Waals surface area contributed by atoms with Crippen LogP contribution in [0.15, 0.2) is 0 Å². The normalized spacial score (nSPS) is 54.4. The maximum Gasteiger partial charge on any atom is 0.417 e. The Morgan fingerprint density at radius 2 is 1.73 bits per heavy atom. The summed E-state index contributed by atoms with van der Waals surface area (Å²) >= 11 is 0. The molecule has 1 N–H and O–H groups in total. The summed E-state index contributed by atoms with van der Waals surface area (Å²) in [7, 11) is 0. The highest BCUT2D eigenvalue weighted by atomic mass is 19.4. The van der Waals surface area contributed by atoms with Gasteiger partial charge in [0.05, 0.1) is 0 Å². The van der Waals surface area contributed by atoms with Crippen LogP contribution in [-0.4, -0.2) is 22.7 Å². The Hall–Kier alpha value is -0.580. The molecule has 2 nitrogen and oxygen atoms in total. The van der Waals surface area contributed by atoms with E-state index in [2.05, 4.69) is 13.8 Å². The summed E-state index contributed by atoms with van der Waals surface area (Å²) in [6.45, 7) is 6.16. The Morgan fingerprint density at radius 1 is 1.08 bits per heavy atom. The molecule has 0 aromatic heterocycles. The van der Waals surface area contributed by atoms with Crippen molar-refractivity contribution in [3.8, 4) is 0 Å². The van der Waals surface area contributed by atoms with Crippen molar-refractivity contribution >= 4 is 5.78 Å². The average molecular weight is 372 g/mol. The van der Waals surface area contributed by atoms with Gasteiger partial charge < -0.3 is 5.11 Å². The number of hydrogen-bond donors (Lipinski definition) is 1. The highest BCUT2D eigenvalue weighted by Crippen LogP contribution is 2.71. The molecule has 4 aliphatic carbocycles. The van der Waals surface area contributed by atoms with Gasteiger partial charge in [-0.1, -0.05) is 20.8 Å². The van der Waals surface area contributed by atoms with Crippen molar-refractivity contribution < 1.29 is 23.1 Å². The Balaban J connectivity index is 1.70. The largest absolute Gasteiger partial charge is 0.417 e. The minimum atomic E-state index is -4.56. The van der Waals surface area contributed by atoms with E-state index in [1.54, 1.807) is 6.92 Å². The Morgan fingerprint density at radius 3 is 2.38 bits per heavy atom. The Kier molecular flexibility index (Phi) is 3.96. The quantitative estimate of drug-likeness (QED) is 0.639. The van der Waals surface area contributed by atoms with Gasteiger partial charge in [-0.05, 0) is 73.5 Å². The summed E-state index contributed by atoms with van der Waals surface area (Å²) in [6, 6.07) is 0. The predicted octanol–water partition coefficient (Wildman–Crippen LogP) is 5.14. The van der Waals surface area contributed by atoms with E-state index >= 15 is 0 Å². The standard InChI is InChI=1S/C21H31F3O2/c1-12-10-13-11-14(25)4-7-18(13,2)15-5-8-19(3)16(17(12)15)6-9-20(19,26)21(22,23)24/h12-13,15-17,26H,4-11H2,1-3H3/t12?,13-,15?,16?,17?,18+,19+,20+/m1/s1. The summed E-state index contributed by atoms with van der Waals surface area (Å²) in [6.07, 6.45) is 0.0452. The van der Waals surface area contributed by atoms with E-state index < -0.39 is 17.2 Å². The van der Waals surface area contributed by atoms with Gasteiger partial charge in [0, 0.05) is 18.3 Å². The molecule has 0 aliphatic heterocycles. The van der Waals surface area contributed by atoms with E-state index in [0.717, 1.165) is 19.3 Å². The lowest BCUT2D eigenvalue weighted by Crippen LogP contribution is -2.62. The Bertz CT molecular complexity index is 617. The zero-order valence-electron chi connectivity index (χ0n) is 16.0. The van der Waals surface area contributed by atoms with E-state index in [4.69, 9.17) is 0 Å². The van der Waals surface area contributed by atoms with Crippen LogP contribution in [0.2, 0.25) is 0 Å². The highest BCUT2D eigenvalue weighted by molar-refractivity contribution is 5.79. The van der Waals surface area contributed by atoms with Crippen molar-refractivity contribution in [2.24, 2.45) is 40.4 Å². The van der Waals surface area contributed by atoms with Gasteiger partial charge in [0.15, 0.2) is 5.60 Å². The summed E-state index contributed by atoms with van der Waals surface area (Å²) in [5, 5.41) is 10.7. The molecule has 4 fully saturated rings. The van der Waals surface area contributed by atoms with Crippen LogP contribution in [0.4, 0.5) is 13.2 Å². The van der Waals surface area contributed by atoms with Crippen molar-refractivity contribution in [2.75, 3.05) is 0 Å². The van der Waals surface area contributed by atoms with Crippen LogP contribution in [0.3, 0.4) is 0 Å². The fourth-order valence-corrected chi connectivity index (χ4v) is 7.91. The molecule has 0 spiro atoms. The fourth-order valence-electron chi connectivity index (χ4n) is 7.91. The molecule has 4 aliphatic rings. The predicted molar refractivity (Wildman–Crippen MR) is 92.3 cm³/mol. The van der Waals surface area contributed by atoms with E-state index in [0.29, 0.717) is 49.2 Å². The third kappa shape index (κ3) is 2.18. The highest BCUT2D eigenvalue weighted by Gasteiger charge is 2.73. The molecular formula is C21H31F3O2. The molecule has 0 amide bonds. The molecule has 0 aromatic carbocycles. The number of rotatable bonds is 0. The number of fused-ring (bicyclic) bond motifs is 5. The first kappa shape index (κ1) is 18.8. The smallest absolute Gasteiger partial charge is 0.380 e. The molecular weight excluding hydrogens is 341 g/mol. The number of alkyl halides is 3. The number of Topliss-reactive ketones (excluding diaryl/α,β-unsaturated/α-hetero) is 1. The van der Waals surface area contributed by atoms with Crippen LogP contribution in [-0.2, 0) is 4.79 Å². The van der Waals surface area contributed by atoms with Gasteiger partial charge in [-0.25, -0.2) is 0 Å². The van der Waals surface area contributed by atoms with Crippen LogP contribution >= 0.6 is 0 Å². The zero-order valence-corrected chi connectivity index (χ0v) is 16.0. The average Bonchev–Trinajstić information content (AvgIpc) is 2.82. The first-order chi connectivity index (χ1) is 11.9. The van der Waals surface area contributed by atoms with E-state index in [1.807, 2.05) is 0 Å². The molecule has 0 aromatic rings. The Labute approximate surface area is 153 Å². The zero-order chi connectivity index (χ0) is 19.1. The molecule has 26 heavy (non-hydrogen) atoms. The molecule has 0 bridgehead atoms. The van der Waals surface area contributed by atoms with Crippen LogP contribution in [0.25, 0.3) is 0 Å². The summed E-state index contributed by atoms with van der Waals surface area (Å²) in [5.74, 6) is 1.61. The number of carbonyl (C=O) groups is 1. The van der Waals surface area contributed by atoms with Crippen molar-refractivity contribution in [3.63, 3.8) is 0 Å². The first-order valence-corrected chi connectivity index (χ1v) is 10.2. The molecule has 5 heteroatoms. The topological polar surface area (TPSA) is 37.3 Å². The van der Waals surface area contributed by atoms with Gasteiger partial charge in [0.1, 0.15) is 5.78 Å². The van der Waals surface area contributed by atoms with Gasteiger partial charge in [-0.2, -0.15) is 13.2 Å². The third-order valence-corrected chi connectivity index (χ3v) is 9.46. The monoisotopic (exact) mass is 372 g/mol. The van der Waals surface area contributed by atoms with E-state index in [1.165, 1.54) is 0 Å². The minimum absolute atomic E-state index is 0.0710. The lowest BCUT2D eigenvalue weighted by molar-refractivity contribution is -0.305. The number of carbonyl (C=O) groups excluding carboxylic acids is 1. The molecule has 8 atom stereocenters. The SMILES string of the molecule is CC1C[C@@H]2CC(=O)CC[C@]2(C)C2CC[C@@]3(C)C(CC[C@@]3(O)C(F)(F)F)C12. The lowest BCUT2D eigenvalue weighted by Gasteiger charge is -2.62. The summed E-state index contributed by atoms with van der Waals surface area (Å²) in [5.41, 5.74) is -3.55. The molecule has 0 radical (unpaired) electrons. The van der Waals surface area contributed by atoms with E-state index in [9.17, 15) is 23.1 Å². The van der Waals surface area contributed by atoms with E-state index in [-0.39, 0.29) is 23.7 Å². The van der Waals surface area contributed by atoms with Crippen LogP contribution in [0.1, 0.15) is 72.1 Å². The van der Waals surface area contributed by atoms with Gasteiger partial charge in [0.2, 0.25) is 0 Å². The van der Waals surface area contributed by atoms with Gasteiger partial charge in [-0.15, -0.1) is 0 Å². The molecule has 4 rings (SSSR count). The van der Waals surface area contributed by atoms with Gasteiger partial charge >= 0.3 is 6.18 Å². The molecule has 4 unspecified atom stereocenters. The van der Waals surface area contributed by atoms with Crippen molar-refractivity contribution in [1.29, 1.82) is 0 Å². The first-order valence-electron chi connectivity index (χ1n) is 10.2. The number of hydrogen-bond acceptors (Lipinski definition) is 2. The van der Waals surface area contributed by atoms with Crippen molar-refractivity contribution in [3.05, 3.63) is 0 Å². The lowest BCUT2D eigenvalue weighted by atomic mass is 9.42.